The maximum atomic E-state index is 11.4. The average Bonchev–Trinajstić information content (AvgIpc) is 2.57. The molecule has 33 heteroatoms. The Labute approximate surface area is 555 Å². The number of benzene rings is 5. The molecule has 0 amide bonds. The van der Waals surface area contributed by atoms with Crippen LogP contribution in [0.4, 0.5) is 0 Å². The summed E-state index contributed by atoms with van der Waals surface area (Å²) >= 11 is 9.52. The number of nitrogens with zero attached hydrogens (tertiary/aromatic N) is 1. The second-order valence-corrected chi connectivity index (χ2v) is 17.5. The Bertz CT molecular complexity index is 3060. The third-order valence-corrected chi connectivity index (χ3v) is 11.3. The molecule has 6 rings (SSSR count). The molecule has 1 fully saturated rings. The van der Waals surface area contributed by atoms with Crippen molar-refractivity contribution in [3.63, 3.8) is 0 Å². The van der Waals surface area contributed by atoms with E-state index in [0.717, 1.165) is 38.5 Å². The first-order valence-corrected chi connectivity index (χ1v) is 25.8. The first-order chi connectivity index (χ1) is 41.2. The fourth-order valence-electron chi connectivity index (χ4n) is 6.00. The number of phenols is 4. The fourth-order valence-corrected chi connectivity index (χ4v) is 7.02. The molecule has 5 aromatic rings. The Morgan fingerprint density at radius 2 is 0.867 bits per heavy atom. The van der Waals surface area contributed by atoms with Crippen LogP contribution in [0.25, 0.3) is 0 Å². The quantitative estimate of drug-likeness (QED) is 0.0137. The number of ether oxygens (including phenoxy) is 11. The van der Waals surface area contributed by atoms with E-state index in [1.54, 1.807) is 19.1 Å². The van der Waals surface area contributed by atoms with E-state index in [2.05, 4.69) is 89.8 Å². The molecule has 0 spiro atoms. The molecule has 489 valence electrons. The monoisotopic (exact) mass is 1460 g/mol. The van der Waals surface area contributed by atoms with Gasteiger partial charge in [0.15, 0.2) is 18.3 Å². The van der Waals surface area contributed by atoms with Crippen molar-refractivity contribution >= 4 is 106 Å². The summed E-state index contributed by atoms with van der Waals surface area (Å²) in [7, 11) is 16.9. The molecule has 5 aromatic carbocycles. The van der Waals surface area contributed by atoms with E-state index in [9.17, 15) is 58.5 Å². The van der Waals surface area contributed by atoms with Crippen LogP contribution in [0.3, 0.4) is 0 Å². The summed E-state index contributed by atoms with van der Waals surface area (Å²) in [6, 6.07) is 15.2. The Morgan fingerprint density at radius 3 is 1.26 bits per heavy atom. The topological polar surface area (TPSA) is 409 Å². The molecule has 28 nitrogen and oxygen atoms in total. The SMILES string of the molecule is C1CCOC1.CO.COC(=O)c1cc(Br)c(O)c(C(=O)OC)c1.COC(=O)c1cc(C)c(O)c(C(=O)OC)c1.COC(=O)c1ccc(O)c(C(=O)OC)c1.COCOc1c(Br)cc(C(=O)OC)cc1OC.O=C(O)c1ccc(O)c(C(=O)O)c1.[B]=NS.[CH3-].[CH3-].[Zn+2]. The number of carbonyl (C=O) groups is 9. The predicted octanol–water partition coefficient (Wildman–Crippen LogP) is 8.47. The van der Waals surface area contributed by atoms with E-state index >= 15 is 0 Å². The molecule has 0 unspecified atom stereocenters. The number of aliphatic hydroxyl groups is 1. The number of aryl methyl sites for hydroxylation is 1. The third-order valence-electron chi connectivity index (χ3n) is 10.1. The van der Waals surface area contributed by atoms with Gasteiger partial charge in [-0.15, -0.1) is 0 Å². The molecular formula is C57H69BBr2NO27SZn. The number of carboxylic acid groups (broad SMARTS) is 2. The zero-order valence-corrected chi connectivity index (χ0v) is 58.2. The molecule has 1 heterocycles. The number of halogens is 2. The maximum absolute atomic E-state index is 11.4. The average molecular weight is 1470 g/mol. The summed E-state index contributed by atoms with van der Waals surface area (Å²) in [5, 5.41) is 61.6. The van der Waals surface area contributed by atoms with Crippen LogP contribution in [-0.4, -0.2) is 188 Å². The third kappa shape index (κ3) is 30.8. The number of phenolic OH excluding ortho intramolecular Hbond substituents is 3. The van der Waals surface area contributed by atoms with Gasteiger partial charge in [-0.3, -0.25) is 0 Å². The Balaban J connectivity index is -0.000000319. The minimum absolute atomic E-state index is 0. The smallest absolute Gasteiger partial charge is 0.358 e. The number of esters is 7. The number of methoxy groups -OCH3 is 9. The zero-order valence-electron chi connectivity index (χ0n) is 51.2. The molecule has 0 atom stereocenters. The van der Waals surface area contributed by atoms with Crippen LogP contribution in [0.1, 0.15) is 112 Å². The number of carboxylic acids is 2. The van der Waals surface area contributed by atoms with Crippen molar-refractivity contribution in [2.24, 2.45) is 4.30 Å². The van der Waals surface area contributed by atoms with E-state index in [0.29, 0.717) is 27.1 Å². The van der Waals surface area contributed by atoms with Crippen molar-refractivity contribution < 1.29 is 150 Å². The van der Waals surface area contributed by atoms with Crippen molar-refractivity contribution in [3.8, 4) is 34.5 Å². The summed E-state index contributed by atoms with van der Waals surface area (Å²) in [6.07, 6.45) is 2.56. The Kier molecular flexibility index (Phi) is 50.0. The van der Waals surface area contributed by atoms with Gasteiger partial charge in [-0.25, -0.2) is 43.2 Å². The van der Waals surface area contributed by atoms with Gasteiger partial charge in [0.05, 0.1) is 93.6 Å². The van der Waals surface area contributed by atoms with E-state index in [1.165, 1.54) is 119 Å². The molecule has 7 N–H and O–H groups in total. The van der Waals surface area contributed by atoms with Gasteiger partial charge >= 0.3 is 98.0 Å². The van der Waals surface area contributed by atoms with Crippen LogP contribution in [-0.2, 0) is 62.1 Å². The van der Waals surface area contributed by atoms with E-state index < -0.39 is 65.0 Å². The summed E-state index contributed by atoms with van der Waals surface area (Å²) in [5.41, 5.74) is 0.487. The van der Waals surface area contributed by atoms with Gasteiger partial charge in [0.25, 0.3) is 0 Å². The van der Waals surface area contributed by atoms with Crippen molar-refractivity contribution in [2.75, 3.05) is 91.1 Å². The molecule has 0 aliphatic carbocycles. The number of hydrogen-bond acceptors (Lipinski definition) is 27. The molecule has 1 radical (unpaired) electrons. The number of thiol groups is 1. The van der Waals surface area contributed by atoms with E-state index in [-0.39, 0.29) is 102 Å². The number of hydrogen-bond donors (Lipinski definition) is 8. The maximum Gasteiger partial charge on any atom is 2.00 e. The second kappa shape index (κ2) is 49.7. The molecule has 1 aliphatic rings. The van der Waals surface area contributed by atoms with Gasteiger partial charge in [-0.05, 0) is 130 Å². The first-order valence-electron chi connectivity index (χ1n) is 23.8. The predicted molar refractivity (Wildman–Crippen MR) is 330 cm³/mol. The first kappa shape index (κ1) is 90.6. The number of rotatable bonds is 13. The van der Waals surface area contributed by atoms with Gasteiger partial charge in [0.2, 0.25) is 0 Å². The van der Waals surface area contributed by atoms with Crippen LogP contribution in [0.5, 0.6) is 34.5 Å². The van der Waals surface area contributed by atoms with Crippen molar-refractivity contribution in [3.05, 3.63) is 152 Å². The second-order valence-electron chi connectivity index (χ2n) is 15.5. The number of aliphatic hydroxyl groups excluding tert-OH is 1. The van der Waals surface area contributed by atoms with Crippen LogP contribution in [0.2, 0.25) is 0 Å². The molecule has 0 bridgehead atoms. The molecule has 0 aromatic heterocycles. The zero-order chi connectivity index (χ0) is 67.1. The van der Waals surface area contributed by atoms with Crippen molar-refractivity contribution in [2.45, 2.75) is 19.8 Å². The summed E-state index contributed by atoms with van der Waals surface area (Å²) in [4.78, 5) is 99.7. The Hall–Kier alpha value is -8.19. The van der Waals surface area contributed by atoms with Gasteiger partial charge in [0, 0.05) is 27.4 Å². The Morgan fingerprint density at radius 1 is 0.511 bits per heavy atom. The van der Waals surface area contributed by atoms with Gasteiger partial charge in [0.1, 0.15) is 45.3 Å². The summed E-state index contributed by atoms with van der Waals surface area (Å²) in [6.45, 7) is 3.67. The number of aromatic carboxylic acids is 2. The fraction of sp³-hybridized carbons (Fsp3) is 0.281. The molecule has 90 heavy (non-hydrogen) atoms. The largest absolute Gasteiger partial charge is 2.00 e. The van der Waals surface area contributed by atoms with Crippen LogP contribution in [0.15, 0.2) is 86.0 Å². The molecule has 0 saturated carbocycles. The summed E-state index contributed by atoms with van der Waals surface area (Å²) in [5.74, 6) is -7.21. The van der Waals surface area contributed by atoms with E-state index in [1.807, 2.05) is 0 Å². The summed E-state index contributed by atoms with van der Waals surface area (Å²) < 4.78 is 55.3. The number of aromatic hydroxyl groups is 4. The van der Waals surface area contributed by atoms with Crippen LogP contribution >= 0.6 is 44.7 Å². The van der Waals surface area contributed by atoms with Gasteiger partial charge < -0.3 is 103 Å². The van der Waals surface area contributed by atoms with Crippen LogP contribution in [0, 0.1) is 21.8 Å². The molecular weight excluding hydrogens is 1400 g/mol. The van der Waals surface area contributed by atoms with Gasteiger partial charge in [-0.1, -0.05) is 0 Å². The number of carbonyl (C=O) groups excluding carboxylic acids is 7. The van der Waals surface area contributed by atoms with Crippen molar-refractivity contribution in [1.82, 2.24) is 0 Å². The van der Waals surface area contributed by atoms with Gasteiger partial charge in [-0.2, -0.15) is 0 Å². The minimum atomic E-state index is -1.36. The normalized spacial score (nSPS) is 9.80. The minimum Gasteiger partial charge on any atom is -0.358 e. The van der Waals surface area contributed by atoms with E-state index in [4.69, 9.17) is 39.4 Å². The molecule has 1 aliphatic heterocycles. The van der Waals surface area contributed by atoms with Crippen molar-refractivity contribution in [1.29, 1.82) is 0 Å². The standard InChI is InChI=1S/C11H13BrO5.C11H12O5.C10H9BrO5.C10H10O5.C8H6O5.C4H8O.CH4O.2CH3.BHNS.Zn/c1-14-6-17-10-8(12)4-7(11(13)16-3)5-9(10)15-2;1-6-4-7(10(13)15-2)5-8(9(6)12)11(14)16-3;1-15-9(13)5-3-6(10(14)16-2)8(12)7(11)4-5;1-14-9(12)6-3-4-8(11)7(5-6)10(13)15-2;9-6-2-1-4(7(10)11)3-5(6)8(12)13;1-2-4-5-3-1;1-2;;;1-2-3;/h4-5H,6H2,1-3H3;4-5,12H,1-3H3;3-4,12H,1-2H3;3-5,11H,1-2H3;1-3,9H,(H,10,11)(H,12,13);1-4H2;2H,1H3;2*1H3;3H;/q;;;;;;;2*-1;;+2. The van der Waals surface area contributed by atoms with Crippen LogP contribution < -0.4 is 9.47 Å². The molecule has 1 saturated heterocycles.